The third-order valence-corrected chi connectivity index (χ3v) is 3.41. The Kier molecular flexibility index (Phi) is 3.13. The second-order valence-electron chi connectivity index (χ2n) is 4.70. The fourth-order valence-corrected chi connectivity index (χ4v) is 2.37. The maximum Gasteiger partial charge on any atom is 0.408 e. The van der Waals surface area contributed by atoms with Crippen molar-refractivity contribution in [2.45, 2.75) is 18.2 Å². The van der Waals surface area contributed by atoms with E-state index >= 15 is 0 Å². The lowest BCUT2D eigenvalue weighted by Crippen LogP contribution is -2.47. The van der Waals surface area contributed by atoms with Gasteiger partial charge in [0.15, 0.2) is 0 Å². The molecule has 1 aromatic heterocycles. The van der Waals surface area contributed by atoms with E-state index in [4.69, 9.17) is 4.74 Å². The van der Waals surface area contributed by atoms with Crippen molar-refractivity contribution in [2.24, 2.45) is 0 Å². The van der Waals surface area contributed by atoms with Gasteiger partial charge in [0.1, 0.15) is 17.5 Å². The minimum Gasteiger partial charge on any atom is -0.464 e. The number of fused-ring (bicyclic) bond motifs is 1. The van der Waals surface area contributed by atoms with Crippen LogP contribution in [-0.4, -0.2) is 48.3 Å². The van der Waals surface area contributed by atoms with Crippen molar-refractivity contribution in [3.05, 3.63) is 35.7 Å². The van der Waals surface area contributed by atoms with Gasteiger partial charge in [-0.3, -0.25) is 4.79 Å². The van der Waals surface area contributed by atoms with Crippen LogP contribution < -0.4 is 10.6 Å². The quantitative estimate of drug-likeness (QED) is 0.534. The van der Waals surface area contributed by atoms with Crippen LogP contribution in [0.15, 0.2) is 24.3 Å². The highest BCUT2D eigenvalue weighted by Gasteiger charge is 2.41. The van der Waals surface area contributed by atoms with Gasteiger partial charge in [-0.2, -0.15) is 0 Å². The number of aromatic nitrogens is 1. The molecule has 1 aliphatic heterocycles. The average molecular weight is 291 g/mol. The number of carbonyl (C=O) groups excluding carboxylic acids is 3. The summed E-state index contributed by atoms with van der Waals surface area (Å²) in [7, 11) is 1.26. The van der Waals surface area contributed by atoms with Crippen LogP contribution in [0.4, 0.5) is 4.79 Å². The van der Waals surface area contributed by atoms with Crippen LogP contribution >= 0.6 is 0 Å². The smallest absolute Gasteiger partial charge is 0.408 e. The molecule has 2 aliphatic rings. The Morgan fingerprint density at radius 3 is 2.81 bits per heavy atom. The molecule has 1 fully saturated rings. The average Bonchev–Trinajstić information content (AvgIpc) is 3.15. The Morgan fingerprint density at radius 1 is 1.29 bits per heavy atom. The minimum absolute atomic E-state index is 0.194. The second kappa shape index (κ2) is 4.97. The third-order valence-electron chi connectivity index (χ3n) is 3.41. The van der Waals surface area contributed by atoms with Crippen molar-refractivity contribution in [3.63, 3.8) is 0 Å². The Labute approximate surface area is 119 Å². The number of aromatic amines is 1. The highest BCUT2D eigenvalue weighted by molar-refractivity contribution is 5.96. The maximum atomic E-state index is 12.1. The largest absolute Gasteiger partial charge is 0.464 e. The number of nitrogens with one attached hydrogen (secondary N) is 3. The Morgan fingerprint density at radius 2 is 2.05 bits per heavy atom. The van der Waals surface area contributed by atoms with E-state index in [1.807, 2.05) is 0 Å². The first-order valence-corrected chi connectivity index (χ1v) is 6.32. The molecule has 8 heteroatoms. The van der Waals surface area contributed by atoms with E-state index in [0.29, 0.717) is 0 Å². The molecule has 2 amide bonds. The van der Waals surface area contributed by atoms with Crippen LogP contribution in [0.25, 0.3) is 0 Å². The molecule has 1 saturated heterocycles. The topological polar surface area (TPSA) is 110 Å². The van der Waals surface area contributed by atoms with Crippen molar-refractivity contribution in [1.29, 1.82) is 0 Å². The lowest BCUT2D eigenvalue weighted by Gasteiger charge is -2.17. The van der Waals surface area contributed by atoms with Gasteiger partial charge in [-0.25, -0.2) is 9.59 Å². The summed E-state index contributed by atoms with van der Waals surface area (Å²) in [6.07, 6.45) is 2.62. The molecule has 21 heavy (non-hydrogen) atoms. The Hall–Kier alpha value is -2.77. The van der Waals surface area contributed by atoms with Crippen molar-refractivity contribution in [2.75, 3.05) is 7.11 Å². The monoisotopic (exact) mass is 291 g/mol. The minimum atomic E-state index is -0.550. The van der Waals surface area contributed by atoms with E-state index in [1.165, 1.54) is 19.2 Å². The summed E-state index contributed by atoms with van der Waals surface area (Å²) in [5.41, 5.74) is 0.428. The van der Waals surface area contributed by atoms with Crippen LogP contribution in [0.5, 0.6) is 0 Å². The molecule has 0 aromatic carbocycles. The SMILES string of the molecule is COC(=O)c1ccc(C(=O)N[C@@H]2C=C[C@H]3OC(=O)N[C@@H]23)[nH]1. The molecule has 3 N–H and O–H groups in total. The zero-order chi connectivity index (χ0) is 15.0. The lowest BCUT2D eigenvalue weighted by atomic mass is 10.1. The molecule has 0 saturated carbocycles. The predicted molar refractivity (Wildman–Crippen MR) is 69.7 cm³/mol. The molecule has 2 heterocycles. The van der Waals surface area contributed by atoms with Gasteiger partial charge < -0.3 is 25.1 Å². The van der Waals surface area contributed by atoms with Gasteiger partial charge in [-0.05, 0) is 18.2 Å². The molecule has 0 bridgehead atoms. The van der Waals surface area contributed by atoms with Gasteiger partial charge in [-0.15, -0.1) is 0 Å². The van der Waals surface area contributed by atoms with Crippen LogP contribution in [0.2, 0.25) is 0 Å². The zero-order valence-electron chi connectivity index (χ0n) is 11.1. The number of alkyl carbamates (subject to hydrolysis) is 1. The maximum absolute atomic E-state index is 12.1. The fourth-order valence-electron chi connectivity index (χ4n) is 2.37. The summed E-state index contributed by atoms with van der Waals surface area (Å²) < 4.78 is 9.55. The van der Waals surface area contributed by atoms with Crippen LogP contribution in [0, 0.1) is 0 Å². The summed E-state index contributed by atoms with van der Waals surface area (Å²) >= 11 is 0. The fraction of sp³-hybridized carbons (Fsp3) is 0.308. The lowest BCUT2D eigenvalue weighted by molar-refractivity contribution is 0.0594. The van der Waals surface area contributed by atoms with Crippen molar-refractivity contribution in [1.82, 2.24) is 15.6 Å². The number of hydrogen-bond donors (Lipinski definition) is 3. The zero-order valence-corrected chi connectivity index (χ0v) is 11.1. The van der Waals surface area contributed by atoms with Crippen molar-refractivity contribution in [3.8, 4) is 0 Å². The molecule has 1 aromatic rings. The number of H-pyrrole nitrogens is 1. The van der Waals surface area contributed by atoms with Gasteiger partial charge >= 0.3 is 12.1 Å². The number of ether oxygens (including phenoxy) is 2. The van der Waals surface area contributed by atoms with E-state index < -0.39 is 12.1 Å². The molecule has 3 rings (SSSR count). The number of rotatable bonds is 3. The van der Waals surface area contributed by atoms with Gasteiger partial charge in [0.2, 0.25) is 0 Å². The van der Waals surface area contributed by atoms with E-state index in [1.54, 1.807) is 12.2 Å². The first kappa shape index (κ1) is 13.2. The van der Waals surface area contributed by atoms with Crippen molar-refractivity contribution < 1.29 is 23.9 Å². The number of esters is 1. The summed E-state index contributed by atoms with van der Waals surface area (Å²) in [6, 6.07) is 2.28. The molecule has 3 atom stereocenters. The third kappa shape index (κ3) is 2.35. The first-order valence-electron chi connectivity index (χ1n) is 6.32. The van der Waals surface area contributed by atoms with Crippen LogP contribution in [0.1, 0.15) is 21.0 Å². The normalized spacial score (nSPS) is 26.0. The molecular weight excluding hydrogens is 278 g/mol. The van der Waals surface area contributed by atoms with Gasteiger partial charge in [-0.1, -0.05) is 6.08 Å². The highest BCUT2D eigenvalue weighted by atomic mass is 16.6. The summed E-state index contributed by atoms with van der Waals surface area (Å²) in [5, 5.41) is 5.39. The Balaban J connectivity index is 1.67. The van der Waals surface area contributed by atoms with E-state index in [2.05, 4.69) is 20.4 Å². The van der Waals surface area contributed by atoms with E-state index in [-0.39, 0.29) is 35.5 Å². The highest BCUT2D eigenvalue weighted by Crippen LogP contribution is 2.21. The number of hydrogen-bond acceptors (Lipinski definition) is 5. The number of amides is 2. The number of methoxy groups -OCH3 is 1. The van der Waals surface area contributed by atoms with E-state index in [9.17, 15) is 14.4 Å². The molecule has 110 valence electrons. The molecule has 8 nitrogen and oxygen atoms in total. The van der Waals surface area contributed by atoms with Crippen LogP contribution in [-0.2, 0) is 9.47 Å². The Bertz CT molecular complexity index is 636. The predicted octanol–water partition coefficient (Wildman–Crippen LogP) is -0.0535. The molecule has 0 radical (unpaired) electrons. The molecule has 1 aliphatic carbocycles. The van der Waals surface area contributed by atoms with Gasteiger partial charge in [0, 0.05) is 0 Å². The van der Waals surface area contributed by atoms with Crippen molar-refractivity contribution >= 4 is 18.0 Å². The van der Waals surface area contributed by atoms with Gasteiger partial charge in [0.05, 0.1) is 19.2 Å². The summed E-state index contributed by atoms with van der Waals surface area (Å²) in [5.74, 6) is -0.937. The summed E-state index contributed by atoms with van der Waals surface area (Å²) in [6.45, 7) is 0. The molecular formula is C13H13N3O5. The number of carbonyl (C=O) groups is 3. The molecule has 0 unspecified atom stereocenters. The van der Waals surface area contributed by atoms with Crippen LogP contribution in [0.3, 0.4) is 0 Å². The molecule has 0 spiro atoms. The summed E-state index contributed by atoms with van der Waals surface area (Å²) in [4.78, 5) is 37.2. The first-order chi connectivity index (χ1) is 10.1. The second-order valence-corrected chi connectivity index (χ2v) is 4.70. The van der Waals surface area contributed by atoms with Gasteiger partial charge in [0.25, 0.3) is 5.91 Å². The van der Waals surface area contributed by atoms with E-state index in [0.717, 1.165) is 0 Å². The standard InChI is InChI=1S/C13H13N3O5/c1-20-12(18)8-3-2-7(14-8)11(17)15-6-4-5-9-10(6)16-13(19)21-9/h2-6,9-10,14H,1H3,(H,15,17)(H,16,19)/t6-,9-,10+/m1/s1.